The minimum Gasteiger partial charge on any atom is -0.288 e. The summed E-state index contributed by atoms with van der Waals surface area (Å²) in [4.78, 5) is 14.8. The average Bonchev–Trinajstić information content (AvgIpc) is 2.03. The van der Waals surface area contributed by atoms with Crippen molar-refractivity contribution in [1.29, 1.82) is 0 Å². The molecular weight excluding hydrogens is 156 g/mol. The summed E-state index contributed by atoms with van der Waals surface area (Å²) in [7, 11) is 0. The fraction of sp³-hybridized carbons (Fsp3) is 0.250. The first-order chi connectivity index (χ1) is 5.65. The first-order valence-electron chi connectivity index (χ1n) is 3.53. The van der Waals surface area contributed by atoms with Gasteiger partial charge in [-0.3, -0.25) is 15.0 Å². The van der Waals surface area contributed by atoms with E-state index in [-0.39, 0.29) is 5.69 Å². The van der Waals surface area contributed by atoms with Crippen LogP contribution in [0.2, 0.25) is 0 Å². The molecule has 0 fully saturated rings. The van der Waals surface area contributed by atoms with Crippen LogP contribution in [0.4, 0.5) is 0 Å². The van der Waals surface area contributed by atoms with Crippen molar-refractivity contribution in [2.45, 2.75) is 13.8 Å². The second kappa shape index (κ2) is 3.32. The monoisotopic (exact) mass is 166 g/mol. The third kappa shape index (κ3) is 1.60. The number of aryl methyl sites for hydroxylation is 2. The lowest BCUT2D eigenvalue weighted by molar-refractivity contribution is 0.0700. The topological polar surface area (TPSA) is 62.2 Å². The van der Waals surface area contributed by atoms with Gasteiger partial charge in [0.2, 0.25) is 0 Å². The summed E-state index contributed by atoms with van der Waals surface area (Å²) < 4.78 is 0. The minimum atomic E-state index is -0.576. The maximum atomic E-state index is 10.9. The van der Waals surface area contributed by atoms with Crippen molar-refractivity contribution in [3.63, 3.8) is 0 Å². The molecule has 1 aromatic rings. The molecule has 4 nitrogen and oxygen atoms in total. The molecule has 1 aromatic heterocycles. The summed E-state index contributed by atoms with van der Waals surface area (Å²) in [6.45, 7) is 3.66. The Kier molecular flexibility index (Phi) is 2.40. The third-order valence-electron chi connectivity index (χ3n) is 1.53. The Morgan fingerprint density at radius 3 is 2.75 bits per heavy atom. The fourth-order valence-electron chi connectivity index (χ4n) is 1.01. The SMILES string of the molecule is Cc1cnc(C(=O)NO)c(C)c1. The summed E-state index contributed by atoms with van der Waals surface area (Å²) in [5.74, 6) is -0.576. The maximum absolute atomic E-state index is 10.9. The summed E-state index contributed by atoms with van der Waals surface area (Å²) in [6, 6.07) is 1.83. The van der Waals surface area contributed by atoms with E-state index in [1.54, 1.807) is 18.6 Å². The van der Waals surface area contributed by atoms with Crippen LogP contribution in [-0.4, -0.2) is 16.1 Å². The van der Waals surface area contributed by atoms with Gasteiger partial charge in [0, 0.05) is 6.20 Å². The van der Waals surface area contributed by atoms with Gasteiger partial charge < -0.3 is 0 Å². The van der Waals surface area contributed by atoms with E-state index >= 15 is 0 Å². The molecule has 0 saturated carbocycles. The Bertz CT molecular complexity index is 310. The van der Waals surface area contributed by atoms with Gasteiger partial charge in [-0.1, -0.05) is 6.07 Å². The standard InChI is InChI=1S/C8H10N2O2/c1-5-3-6(2)7(9-4-5)8(11)10-12/h3-4,12H,1-2H3,(H,10,11). The van der Waals surface area contributed by atoms with Gasteiger partial charge in [-0.2, -0.15) is 0 Å². The number of hydroxylamine groups is 1. The van der Waals surface area contributed by atoms with Crippen molar-refractivity contribution in [2.75, 3.05) is 0 Å². The molecular formula is C8H10N2O2. The number of rotatable bonds is 1. The van der Waals surface area contributed by atoms with Gasteiger partial charge in [-0.15, -0.1) is 0 Å². The summed E-state index contributed by atoms with van der Waals surface area (Å²) in [5.41, 5.74) is 3.53. The van der Waals surface area contributed by atoms with E-state index < -0.39 is 5.91 Å². The van der Waals surface area contributed by atoms with Crippen LogP contribution in [0.15, 0.2) is 12.3 Å². The van der Waals surface area contributed by atoms with E-state index in [1.807, 2.05) is 13.0 Å². The van der Waals surface area contributed by atoms with Crippen LogP contribution < -0.4 is 5.48 Å². The lowest BCUT2D eigenvalue weighted by Crippen LogP contribution is -2.21. The fourth-order valence-corrected chi connectivity index (χ4v) is 1.01. The molecule has 0 unspecified atom stereocenters. The molecule has 1 amide bonds. The van der Waals surface area contributed by atoms with Crippen LogP contribution in [0.3, 0.4) is 0 Å². The Balaban J connectivity index is 3.09. The molecule has 1 rings (SSSR count). The Labute approximate surface area is 70.2 Å². The molecule has 0 atom stereocenters. The lowest BCUT2D eigenvalue weighted by atomic mass is 10.1. The predicted molar refractivity (Wildman–Crippen MR) is 43.0 cm³/mol. The lowest BCUT2D eigenvalue weighted by Gasteiger charge is -2.02. The van der Waals surface area contributed by atoms with E-state index in [1.165, 1.54) is 0 Å². The number of carbonyl (C=O) groups is 1. The second-order valence-corrected chi connectivity index (χ2v) is 2.62. The molecule has 2 N–H and O–H groups in total. The van der Waals surface area contributed by atoms with Crippen LogP contribution in [0.25, 0.3) is 0 Å². The van der Waals surface area contributed by atoms with Crippen LogP contribution in [0.1, 0.15) is 21.6 Å². The minimum absolute atomic E-state index is 0.253. The van der Waals surface area contributed by atoms with Gasteiger partial charge in [0.05, 0.1) is 0 Å². The summed E-state index contributed by atoms with van der Waals surface area (Å²) >= 11 is 0. The van der Waals surface area contributed by atoms with Crippen molar-refractivity contribution in [3.8, 4) is 0 Å². The van der Waals surface area contributed by atoms with Crippen LogP contribution >= 0.6 is 0 Å². The molecule has 4 heteroatoms. The Hall–Kier alpha value is -1.42. The quantitative estimate of drug-likeness (QED) is 0.479. The average molecular weight is 166 g/mol. The van der Waals surface area contributed by atoms with Gasteiger partial charge >= 0.3 is 0 Å². The highest BCUT2D eigenvalue weighted by atomic mass is 16.5. The van der Waals surface area contributed by atoms with Crippen LogP contribution in [0.5, 0.6) is 0 Å². The highest BCUT2D eigenvalue weighted by Crippen LogP contribution is 2.05. The number of nitrogens with zero attached hydrogens (tertiary/aromatic N) is 1. The highest BCUT2D eigenvalue weighted by molar-refractivity contribution is 5.92. The summed E-state index contributed by atoms with van der Waals surface area (Å²) in [6.07, 6.45) is 1.58. The second-order valence-electron chi connectivity index (χ2n) is 2.62. The normalized spacial score (nSPS) is 9.58. The number of pyridine rings is 1. The number of hydrogen-bond acceptors (Lipinski definition) is 3. The van der Waals surface area contributed by atoms with Crippen molar-refractivity contribution in [2.24, 2.45) is 0 Å². The molecule has 0 saturated heterocycles. The first-order valence-corrected chi connectivity index (χ1v) is 3.53. The molecule has 0 aliphatic rings. The smallest absolute Gasteiger partial charge is 0.288 e. The van der Waals surface area contributed by atoms with E-state index in [2.05, 4.69) is 4.98 Å². The van der Waals surface area contributed by atoms with Gasteiger partial charge in [0.15, 0.2) is 0 Å². The number of carbonyl (C=O) groups excluding carboxylic acids is 1. The molecule has 0 aliphatic heterocycles. The summed E-state index contributed by atoms with van der Waals surface area (Å²) in [5, 5.41) is 8.34. The Morgan fingerprint density at radius 1 is 1.58 bits per heavy atom. The number of amides is 1. The van der Waals surface area contributed by atoms with E-state index in [9.17, 15) is 4.79 Å². The largest absolute Gasteiger partial charge is 0.293 e. The van der Waals surface area contributed by atoms with Gasteiger partial charge in [0.25, 0.3) is 5.91 Å². The molecule has 0 bridgehead atoms. The molecule has 0 aliphatic carbocycles. The van der Waals surface area contributed by atoms with E-state index in [4.69, 9.17) is 5.21 Å². The molecule has 0 spiro atoms. The molecule has 12 heavy (non-hydrogen) atoms. The molecule has 1 heterocycles. The molecule has 0 radical (unpaired) electrons. The van der Waals surface area contributed by atoms with Crippen LogP contribution in [0, 0.1) is 13.8 Å². The third-order valence-corrected chi connectivity index (χ3v) is 1.53. The van der Waals surface area contributed by atoms with E-state index in [0.29, 0.717) is 0 Å². The van der Waals surface area contributed by atoms with E-state index in [0.717, 1.165) is 11.1 Å². The van der Waals surface area contributed by atoms with Crippen molar-refractivity contribution in [1.82, 2.24) is 10.5 Å². The first kappa shape index (κ1) is 8.67. The van der Waals surface area contributed by atoms with Crippen LogP contribution in [-0.2, 0) is 0 Å². The van der Waals surface area contributed by atoms with Crippen molar-refractivity contribution in [3.05, 3.63) is 29.1 Å². The zero-order valence-corrected chi connectivity index (χ0v) is 6.96. The number of aromatic nitrogens is 1. The molecule has 0 aromatic carbocycles. The molecule has 64 valence electrons. The Morgan fingerprint density at radius 2 is 2.25 bits per heavy atom. The number of hydrogen-bond donors (Lipinski definition) is 2. The predicted octanol–water partition coefficient (Wildman–Crippen LogP) is 0.817. The zero-order chi connectivity index (χ0) is 9.14. The zero-order valence-electron chi connectivity index (χ0n) is 6.96. The van der Waals surface area contributed by atoms with Crippen molar-refractivity contribution < 1.29 is 10.0 Å². The van der Waals surface area contributed by atoms with Gasteiger partial charge in [-0.05, 0) is 25.0 Å². The van der Waals surface area contributed by atoms with Crippen molar-refractivity contribution >= 4 is 5.91 Å². The maximum Gasteiger partial charge on any atom is 0.293 e. The van der Waals surface area contributed by atoms with Gasteiger partial charge in [-0.25, -0.2) is 5.48 Å². The highest BCUT2D eigenvalue weighted by Gasteiger charge is 2.08. The van der Waals surface area contributed by atoms with Gasteiger partial charge in [0.1, 0.15) is 5.69 Å². The number of nitrogens with one attached hydrogen (secondary N) is 1.